The zero-order valence-corrected chi connectivity index (χ0v) is 17.1. The van der Waals surface area contributed by atoms with Gasteiger partial charge in [-0.2, -0.15) is 0 Å². The van der Waals surface area contributed by atoms with E-state index in [1.165, 1.54) is 0 Å². The number of benzene rings is 2. The number of aliphatic carboxylic acids is 1. The van der Waals surface area contributed by atoms with Crippen LogP contribution >= 0.6 is 39.1 Å². The van der Waals surface area contributed by atoms with Crippen molar-refractivity contribution >= 4 is 45.1 Å². The standard InChI is InChI=1S/C18H18BrCl2NO4/c1-2-25-16-6-12(8-22-9-18(23)24)13(19)7-17(16)26-10-11-3-4-14(20)15(21)5-11/h3-7,22H,2,8-10H2,1H3,(H,23,24). The van der Waals surface area contributed by atoms with E-state index in [0.717, 1.165) is 15.6 Å². The van der Waals surface area contributed by atoms with Gasteiger partial charge in [0.25, 0.3) is 0 Å². The second-order valence-electron chi connectivity index (χ2n) is 5.36. The quantitative estimate of drug-likeness (QED) is 0.554. The van der Waals surface area contributed by atoms with Gasteiger partial charge in [0.1, 0.15) is 6.61 Å². The summed E-state index contributed by atoms with van der Waals surface area (Å²) in [5, 5.41) is 12.5. The van der Waals surface area contributed by atoms with Gasteiger partial charge >= 0.3 is 5.97 Å². The Bertz CT molecular complexity index is 786. The Labute approximate surface area is 170 Å². The van der Waals surface area contributed by atoms with E-state index in [2.05, 4.69) is 21.2 Å². The van der Waals surface area contributed by atoms with Crippen LogP contribution in [0, 0.1) is 0 Å². The Morgan fingerprint density at radius 2 is 1.88 bits per heavy atom. The van der Waals surface area contributed by atoms with Gasteiger partial charge in [0.2, 0.25) is 0 Å². The lowest BCUT2D eigenvalue weighted by atomic mass is 10.2. The number of halogens is 3. The molecule has 8 heteroatoms. The van der Waals surface area contributed by atoms with Crippen LogP contribution in [0.1, 0.15) is 18.1 Å². The molecule has 0 aliphatic carbocycles. The van der Waals surface area contributed by atoms with Gasteiger partial charge in [-0.3, -0.25) is 4.79 Å². The second-order valence-corrected chi connectivity index (χ2v) is 7.03. The molecule has 2 N–H and O–H groups in total. The molecular weight excluding hydrogens is 445 g/mol. The highest BCUT2D eigenvalue weighted by molar-refractivity contribution is 9.10. The molecule has 26 heavy (non-hydrogen) atoms. The van der Waals surface area contributed by atoms with Crippen molar-refractivity contribution in [1.82, 2.24) is 5.32 Å². The number of carboxylic acids is 1. The number of hydrogen-bond donors (Lipinski definition) is 2. The predicted octanol–water partition coefficient (Wildman–Crippen LogP) is 4.91. The molecule has 0 amide bonds. The van der Waals surface area contributed by atoms with Gasteiger partial charge in [0.05, 0.1) is 23.2 Å². The first-order valence-electron chi connectivity index (χ1n) is 7.85. The number of rotatable bonds is 9. The Kier molecular flexibility index (Phi) is 8.03. The highest BCUT2D eigenvalue weighted by Gasteiger charge is 2.12. The van der Waals surface area contributed by atoms with Crippen molar-refractivity contribution in [1.29, 1.82) is 0 Å². The SMILES string of the molecule is CCOc1cc(CNCC(=O)O)c(Br)cc1OCc1ccc(Cl)c(Cl)c1. The lowest BCUT2D eigenvalue weighted by Crippen LogP contribution is -2.22. The minimum Gasteiger partial charge on any atom is -0.490 e. The number of carboxylic acid groups (broad SMARTS) is 1. The highest BCUT2D eigenvalue weighted by Crippen LogP contribution is 2.34. The van der Waals surface area contributed by atoms with E-state index in [0.29, 0.717) is 41.3 Å². The van der Waals surface area contributed by atoms with Crippen molar-refractivity contribution in [3.63, 3.8) is 0 Å². The Morgan fingerprint density at radius 1 is 1.15 bits per heavy atom. The van der Waals surface area contributed by atoms with Crippen molar-refractivity contribution in [2.75, 3.05) is 13.2 Å². The average molecular weight is 463 g/mol. The van der Waals surface area contributed by atoms with Gasteiger partial charge in [0, 0.05) is 11.0 Å². The predicted molar refractivity (Wildman–Crippen MR) is 105 cm³/mol. The topological polar surface area (TPSA) is 67.8 Å². The summed E-state index contributed by atoms with van der Waals surface area (Å²) in [7, 11) is 0. The van der Waals surface area contributed by atoms with Crippen molar-refractivity contribution < 1.29 is 19.4 Å². The maximum absolute atomic E-state index is 10.6. The van der Waals surface area contributed by atoms with E-state index in [1.54, 1.807) is 18.2 Å². The van der Waals surface area contributed by atoms with Crippen LogP contribution in [0.3, 0.4) is 0 Å². The fourth-order valence-electron chi connectivity index (χ4n) is 2.19. The van der Waals surface area contributed by atoms with Crippen LogP contribution < -0.4 is 14.8 Å². The lowest BCUT2D eigenvalue weighted by molar-refractivity contribution is -0.135. The van der Waals surface area contributed by atoms with Gasteiger partial charge in [0.15, 0.2) is 11.5 Å². The first-order valence-corrected chi connectivity index (χ1v) is 9.40. The zero-order valence-electron chi connectivity index (χ0n) is 14.0. The first-order chi connectivity index (χ1) is 12.4. The van der Waals surface area contributed by atoms with Crippen molar-refractivity contribution in [2.45, 2.75) is 20.1 Å². The molecule has 0 fully saturated rings. The number of hydrogen-bond acceptors (Lipinski definition) is 4. The molecule has 0 saturated heterocycles. The third-order valence-electron chi connectivity index (χ3n) is 3.38. The largest absolute Gasteiger partial charge is 0.490 e. The third kappa shape index (κ3) is 6.06. The van der Waals surface area contributed by atoms with Crippen LogP contribution in [0.25, 0.3) is 0 Å². The number of carbonyl (C=O) groups is 1. The van der Waals surface area contributed by atoms with Crippen molar-refractivity contribution in [3.05, 3.63) is 56.0 Å². The molecule has 140 valence electrons. The van der Waals surface area contributed by atoms with Gasteiger partial charge < -0.3 is 19.9 Å². The summed E-state index contributed by atoms with van der Waals surface area (Å²) in [5.74, 6) is 0.252. The minimum absolute atomic E-state index is 0.119. The first kappa shape index (κ1) is 20.8. The summed E-state index contributed by atoms with van der Waals surface area (Å²) >= 11 is 15.4. The van der Waals surface area contributed by atoms with Crippen LogP contribution in [0.2, 0.25) is 10.0 Å². The van der Waals surface area contributed by atoms with E-state index in [-0.39, 0.29) is 6.54 Å². The van der Waals surface area contributed by atoms with Crippen LogP contribution in [0.15, 0.2) is 34.8 Å². The molecule has 0 unspecified atom stereocenters. The Balaban J connectivity index is 2.14. The molecule has 2 aromatic rings. The van der Waals surface area contributed by atoms with E-state index < -0.39 is 5.97 Å². The van der Waals surface area contributed by atoms with Crippen LogP contribution in [-0.4, -0.2) is 24.2 Å². The second kappa shape index (κ2) is 10.0. The minimum atomic E-state index is -0.910. The van der Waals surface area contributed by atoms with Crippen LogP contribution in [0.4, 0.5) is 0 Å². The summed E-state index contributed by atoms with van der Waals surface area (Å²) in [4.78, 5) is 10.6. The lowest BCUT2D eigenvalue weighted by Gasteiger charge is -2.15. The molecule has 0 aliphatic heterocycles. The van der Waals surface area contributed by atoms with E-state index in [1.807, 2.05) is 19.1 Å². The molecule has 2 rings (SSSR count). The Hall–Kier alpha value is -1.47. The number of nitrogens with one attached hydrogen (secondary N) is 1. The molecule has 0 heterocycles. The molecule has 0 saturated carbocycles. The summed E-state index contributed by atoms with van der Waals surface area (Å²) in [6.07, 6.45) is 0. The average Bonchev–Trinajstić information content (AvgIpc) is 2.59. The summed E-state index contributed by atoms with van der Waals surface area (Å²) < 4.78 is 12.3. The van der Waals surface area contributed by atoms with Gasteiger partial charge in [-0.05, 0) is 42.3 Å². The molecule has 0 bridgehead atoms. The third-order valence-corrected chi connectivity index (χ3v) is 4.86. The molecule has 5 nitrogen and oxygen atoms in total. The molecule has 0 aliphatic rings. The zero-order chi connectivity index (χ0) is 19.1. The molecule has 2 aromatic carbocycles. The maximum Gasteiger partial charge on any atom is 0.317 e. The molecule has 0 aromatic heterocycles. The Morgan fingerprint density at radius 3 is 2.54 bits per heavy atom. The van der Waals surface area contributed by atoms with E-state index in [4.69, 9.17) is 37.8 Å². The fraction of sp³-hybridized carbons (Fsp3) is 0.278. The van der Waals surface area contributed by atoms with Crippen LogP contribution in [0.5, 0.6) is 11.5 Å². The van der Waals surface area contributed by atoms with Gasteiger partial charge in [-0.1, -0.05) is 45.2 Å². The van der Waals surface area contributed by atoms with Crippen molar-refractivity contribution in [3.8, 4) is 11.5 Å². The number of ether oxygens (including phenoxy) is 2. The smallest absolute Gasteiger partial charge is 0.317 e. The molecule has 0 radical (unpaired) electrons. The highest BCUT2D eigenvalue weighted by atomic mass is 79.9. The van der Waals surface area contributed by atoms with Crippen LogP contribution in [-0.2, 0) is 17.9 Å². The summed E-state index contributed by atoms with van der Waals surface area (Å²) in [6.45, 7) is 2.94. The fourth-order valence-corrected chi connectivity index (χ4v) is 2.97. The summed E-state index contributed by atoms with van der Waals surface area (Å²) in [5.41, 5.74) is 1.75. The van der Waals surface area contributed by atoms with Gasteiger partial charge in [-0.25, -0.2) is 0 Å². The van der Waals surface area contributed by atoms with E-state index in [9.17, 15) is 4.79 Å². The van der Waals surface area contributed by atoms with Gasteiger partial charge in [-0.15, -0.1) is 0 Å². The maximum atomic E-state index is 10.6. The van der Waals surface area contributed by atoms with Crippen molar-refractivity contribution in [2.24, 2.45) is 0 Å². The summed E-state index contributed by atoms with van der Waals surface area (Å²) in [6, 6.07) is 8.95. The monoisotopic (exact) mass is 461 g/mol. The molecule has 0 spiro atoms. The van der Waals surface area contributed by atoms with E-state index >= 15 is 0 Å². The molecule has 0 atom stereocenters. The normalized spacial score (nSPS) is 10.6. The molecular formula is C18H18BrCl2NO4.